The Morgan fingerprint density at radius 3 is 1.73 bits per heavy atom. The van der Waals surface area contributed by atoms with E-state index in [9.17, 15) is 0 Å². The highest BCUT2D eigenvalue weighted by atomic mass is 79.9. The lowest BCUT2D eigenvalue weighted by molar-refractivity contribution is 0.194. The average Bonchev–Trinajstić information content (AvgIpc) is 3.30. The molecule has 0 bridgehead atoms. The van der Waals surface area contributed by atoms with E-state index in [-0.39, 0.29) is 5.41 Å². The van der Waals surface area contributed by atoms with Crippen LogP contribution < -0.4 is 0 Å². The molecular weight excluding hydrogens is 516 g/mol. The van der Waals surface area contributed by atoms with Crippen LogP contribution in [0.3, 0.4) is 0 Å². The molecule has 2 nitrogen and oxygen atoms in total. The van der Waals surface area contributed by atoms with Gasteiger partial charge in [0.25, 0.3) is 0 Å². The Labute approximate surface area is 228 Å². The van der Waals surface area contributed by atoms with Gasteiger partial charge in [-0.15, -0.1) is 0 Å². The van der Waals surface area contributed by atoms with Crippen LogP contribution in [0.1, 0.15) is 53.4 Å². The van der Waals surface area contributed by atoms with Crippen LogP contribution >= 0.6 is 15.9 Å². The van der Waals surface area contributed by atoms with Gasteiger partial charge in [0.15, 0.2) is 0 Å². The molecule has 4 aromatic carbocycles. The quantitative estimate of drug-likeness (QED) is 0.195. The Bertz CT molecular complexity index is 1400. The lowest BCUT2D eigenvalue weighted by Gasteiger charge is -2.47. The molecule has 1 fully saturated rings. The van der Waals surface area contributed by atoms with Crippen molar-refractivity contribution in [1.29, 1.82) is 0 Å². The van der Waals surface area contributed by atoms with Gasteiger partial charge in [-0.1, -0.05) is 126 Å². The molecule has 1 aliphatic carbocycles. The summed E-state index contributed by atoms with van der Waals surface area (Å²) in [7, 11) is 0. The maximum atomic E-state index is 5.24. The van der Waals surface area contributed by atoms with Gasteiger partial charge in [-0.3, -0.25) is 0 Å². The molecule has 184 valence electrons. The first-order chi connectivity index (χ1) is 18.1. The highest BCUT2D eigenvalue weighted by Crippen LogP contribution is 2.54. The molecule has 1 saturated carbocycles. The summed E-state index contributed by atoms with van der Waals surface area (Å²) in [6, 6.07) is 41.4. The van der Waals surface area contributed by atoms with E-state index in [1.165, 1.54) is 33.6 Å². The van der Waals surface area contributed by atoms with E-state index in [1.54, 1.807) is 0 Å². The fourth-order valence-corrected chi connectivity index (χ4v) is 7.05. The molecule has 0 unspecified atom stereocenters. The average molecular weight is 548 g/mol. The zero-order chi connectivity index (χ0) is 25.5. The molecule has 5 aromatic rings. The smallest absolute Gasteiger partial charge is 0.121 e. The number of aromatic nitrogens is 2. The van der Waals surface area contributed by atoms with Crippen LogP contribution in [-0.2, 0) is 11.0 Å². The predicted octanol–water partition coefficient (Wildman–Crippen LogP) is 8.51. The monoisotopic (exact) mass is 546 g/mol. The highest BCUT2D eigenvalue weighted by molar-refractivity contribution is 9.10. The number of nitrogens with zero attached hydrogens (tertiary/aromatic N) is 2. The molecule has 6 rings (SSSR count). The topological polar surface area (TPSA) is 17.8 Å². The second-order valence-electron chi connectivity index (χ2n) is 10.5. The lowest BCUT2D eigenvalue weighted by atomic mass is 9.57. The Morgan fingerprint density at radius 1 is 0.757 bits per heavy atom. The largest absolute Gasteiger partial charge is 0.316 e. The van der Waals surface area contributed by atoms with Crippen molar-refractivity contribution in [2.45, 2.75) is 37.6 Å². The van der Waals surface area contributed by atoms with Gasteiger partial charge in [0.2, 0.25) is 0 Å². The Balaban J connectivity index is 1.65. The van der Waals surface area contributed by atoms with Crippen LogP contribution in [0.2, 0.25) is 0 Å². The van der Waals surface area contributed by atoms with Crippen LogP contribution in [0.15, 0.2) is 126 Å². The predicted molar refractivity (Wildman–Crippen MR) is 155 cm³/mol. The summed E-state index contributed by atoms with van der Waals surface area (Å²) in [5, 5.41) is 0. The second kappa shape index (κ2) is 9.46. The number of rotatable bonds is 6. The number of hydrogen-bond acceptors (Lipinski definition) is 1. The maximum absolute atomic E-state index is 5.24. The van der Waals surface area contributed by atoms with Crippen molar-refractivity contribution >= 4 is 15.9 Å². The molecule has 0 radical (unpaired) electrons. The van der Waals surface area contributed by atoms with E-state index in [0.29, 0.717) is 5.92 Å². The molecule has 37 heavy (non-hydrogen) atoms. The van der Waals surface area contributed by atoms with Gasteiger partial charge in [0, 0.05) is 15.6 Å². The van der Waals surface area contributed by atoms with Gasteiger partial charge < -0.3 is 4.57 Å². The van der Waals surface area contributed by atoms with E-state index >= 15 is 0 Å². The maximum Gasteiger partial charge on any atom is 0.121 e. The van der Waals surface area contributed by atoms with Crippen molar-refractivity contribution < 1.29 is 0 Å². The first-order valence-electron chi connectivity index (χ1n) is 13.0. The van der Waals surface area contributed by atoms with Gasteiger partial charge in [-0.2, -0.15) is 0 Å². The summed E-state index contributed by atoms with van der Waals surface area (Å²) in [6.45, 7) is 4.61. The summed E-state index contributed by atoms with van der Waals surface area (Å²) in [5.41, 5.74) is 6.78. The normalized spacial score (nSPS) is 19.4. The molecule has 1 heterocycles. The first kappa shape index (κ1) is 23.9. The Morgan fingerprint density at radius 2 is 1.27 bits per heavy atom. The first-order valence-corrected chi connectivity index (χ1v) is 13.8. The standard InChI is InChI=1S/C34H31BrN2/c1-25-22-33(23-25,30-19-12-20-31(35)21-30)32-26(2)37(24-36-32)34(27-13-6-3-7-14-27,28-15-8-4-9-16-28)29-17-10-5-11-18-29/h3-21,24-25H,22-23H2,1-2H3. The van der Waals surface area contributed by atoms with Crippen molar-refractivity contribution in [3.63, 3.8) is 0 Å². The van der Waals surface area contributed by atoms with Gasteiger partial charge in [0.05, 0.1) is 12.0 Å². The fourth-order valence-electron chi connectivity index (χ4n) is 6.65. The molecule has 0 saturated heterocycles. The Hall–Kier alpha value is -3.43. The highest BCUT2D eigenvalue weighted by Gasteiger charge is 2.49. The van der Waals surface area contributed by atoms with E-state index in [0.717, 1.165) is 17.3 Å². The summed E-state index contributed by atoms with van der Waals surface area (Å²) in [4.78, 5) is 5.24. The van der Waals surface area contributed by atoms with Crippen LogP contribution in [0, 0.1) is 12.8 Å². The van der Waals surface area contributed by atoms with E-state index < -0.39 is 5.54 Å². The molecule has 0 spiro atoms. The molecule has 0 N–H and O–H groups in total. The zero-order valence-electron chi connectivity index (χ0n) is 21.3. The van der Waals surface area contributed by atoms with Gasteiger partial charge in [-0.25, -0.2) is 4.98 Å². The summed E-state index contributed by atoms with van der Waals surface area (Å²) < 4.78 is 3.54. The van der Waals surface area contributed by atoms with E-state index in [2.05, 4.69) is 156 Å². The minimum absolute atomic E-state index is 0.0751. The minimum atomic E-state index is -0.549. The van der Waals surface area contributed by atoms with Crippen molar-refractivity contribution in [3.05, 3.63) is 160 Å². The number of imidazole rings is 1. The SMILES string of the molecule is Cc1c(C2(c3cccc(Br)c3)CC(C)C2)ncn1C(c1ccccc1)(c1ccccc1)c1ccccc1. The van der Waals surface area contributed by atoms with E-state index in [1.807, 2.05) is 0 Å². The molecule has 3 heteroatoms. The van der Waals surface area contributed by atoms with E-state index in [4.69, 9.17) is 4.98 Å². The third-order valence-corrected chi connectivity index (χ3v) is 8.66. The summed E-state index contributed by atoms with van der Waals surface area (Å²) in [5.74, 6) is 0.672. The molecule has 0 amide bonds. The van der Waals surface area contributed by atoms with Crippen LogP contribution in [0.5, 0.6) is 0 Å². The van der Waals surface area contributed by atoms with Crippen molar-refractivity contribution in [1.82, 2.24) is 9.55 Å². The molecule has 1 aliphatic rings. The summed E-state index contributed by atoms with van der Waals surface area (Å²) in [6.07, 6.45) is 4.30. The molecular formula is C34H31BrN2. The number of halogens is 1. The van der Waals surface area contributed by atoms with Gasteiger partial charge in [-0.05, 0) is 60.1 Å². The van der Waals surface area contributed by atoms with Crippen LogP contribution in [0.25, 0.3) is 0 Å². The van der Waals surface area contributed by atoms with Gasteiger partial charge in [0.1, 0.15) is 5.54 Å². The third-order valence-electron chi connectivity index (χ3n) is 8.17. The number of benzene rings is 4. The Kier molecular flexibility index (Phi) is 6.12. The lowest BCUT2D eigenvalue weighted by Crippen LogP contribution is -2.43. The second-order valence-corrected chi connectivity index (χ2v) is 11.4. The summed E-state index contributed by atoms with van der Waals surface area (Å²) >= 11 is 3.72. The van der Waals surface area contributed by atoms with Crippen molar-refractivity contribution in [2.24, 2.45) is 5.92 Å². The molecule has 1 aromatic heterocycles. The minimum Gasteiger partial charge on any atom is -0.316 e. The molecule has 0 aliphatic heterocycles. The third kappa shape index (κ3) is 3.79. The zero-order valence-corrected chi connectivity index (χ0v) is 22.9. The van der Waals surface area contributed by atoms with Crippen LogP contribution in [0.4, 0.5) is 0 Å². The molecule has 0 atom stereocenters. The fraction of sp³-hybridized carbons (Fsp3) is 0.206. The van der Waals surface area contributed by atoms with Crippen molar-refractivity contribution in [2.75, 3.05) is 0 Å². The van der Waals surface area contributed by atoms with Crippen LogP contribution in [-0.4, -0.2) is 9.55 Å². The number of hydrogen-bond donors (Lipinski definition) is 0. The van der Waals surface area contributed by atoms with Gasteiger partial charge >= 0.3 is 0 Å². The van der Waals surface area contributed by atoms with Crippen molar-refractivity contribution in [3.8, 4) is 0 Å².